The highest BCUT2D eigenvalue weighted by Crippen LogP contribution is 2.30. The predicted molar refractivity (Wildman–Crippen MR) is 104 cm³/mol. The number of sulfonamides is 1. The molecule has 0 aliphatic carbocycles. The number of carbonyl (C=O) groups excluding carboxylic acids is 1. The molecule has 0 radical (unpaired) electrons. The van der Waals surface area contributed by atoms with E-state index in [0.29, 0.717) is 0 Å². The highest BCUT2D eigenvalue weighted by atomic mass is 35.5. The fraction of sp³-hybridized carbons (Fsp3) is 0. The normalized spacial score (nSPS) is 11.1. The number of amides is 1. The number of benzene rings is 3. The molecule has 0 fully saturated rings. The Labute approximate surface area is 165 Å². The molecule has 28 heavy (non-hydrogen) atoms. The van der Waals surface area contributed by atoms with E-state index in [1.54, 1.807) is 6.07 Å². The minimum atomic E-state index is -3.92. The molecule has 6 nitrogen and oxygen atoms in total. The van der Waals surface area contributed by atoms with E-state index >= 15 is 0 Å². The van der Waals surface area contributed by atoms with E-state index in [1.165, 1.54) is 60.7 Å². The van der Waals surface area contributed by atoms with Gasteiger partial charge in [-0.1, -0.05) is 29.8 Å². The van der Waals surface area contributed by atoms with Crippen molar-refractivity contribution in [1.82, 2.24) is 0 Å². The van der Waals surface area contributed by atoms with Crippen LogP contribution in [0.5, 0.6) is 11.5 Å². The van der Waals surface area contributed by atoms with Crippen molar-refractivity contribution in [3.63, 3.8) is 0 Å². The Morgan fingerprint density at radius 3 is 2.46 bits per heavy atom. The number of nitrogens with one attached hydrogen (secondary N) is 1. The first kappa shape index (κ1) is 19.8. The lowest BCUT2D eigenvalue weighted by molar-refractivity contribution is 0.102. The van der Waals surface area contributed by atoms with Gasteiger partial charge in [0.15, 0.2) is 11.6 Å². The van der Waals surface area contributed by atoms with Gasteiger partial charge in [-0.25, -0.2) is 17.9 Å². The number of carbonyl (C=O) groups is 1. The molecule has 0 unspecified atom stereocenters. The summed E-state index contributed by atoms with van der Waals surface area (Å²) in [6.07, 6.45) is 0. The van der Waals surface area contributed by atoms with Crippen LogP contribution in [0.3, 0.4) is 0 Å². The lowest BCUT2D eigenvalue weighted by Gasteiger charge is -2.13. The summed E-state index contributed by atoms with van der Waals surface area (Å²) < 4.78 is 42.3. The van der Waals surface area contributed by atoms with Gasteiger partial charge >= 0.3 is 0 Å². The van der Waals surface area contributed by atoms with E-state index < -0.39 is 21.7 Å². The smallest absolute Gasteiger partial charge is 0.259 e. The molecule has 0 aromatic heterocycles. The quantitative estimate of drug-likeness (QED) is 0.647. The molecule has 0 saturated carbocycles. The van der Waals surface area contributed by atoms with Gasteiger partial charge in [0.2, 0.25) is 10.0 Å². The zero-order valence-corrected chi connectivity index (χ0v) is 15.8. The first-order chi connectivity index (χ1) is 13.2. The summed E-state index contributed by atoms with van der Waals surface area (Å²) >= 11 is 5.98. The average Bonchev–Trinajstić information content (AvgIpc) is 2.64. The Hall–Kier alpha value is -2.94. The van der Waals surface area contributed by atoms with Crippen molar-refractivity contribution in [1.29, 1.82) is 0 Å². The van der Waals surface area contributed by atoms with Gasteiger partial charge < -0.3 is 10.1 Å². The van der Waals surface area contributed by atoms with Gasteiger partial charge in [0.25, 0.3) is 5.91 Å². The second-order valence-corrected chi connectivity index (χ2v) is 7.70. The first-order valence-electron chi connectivity index (χ1n) is 7.90. The molecule has 0 heterocycles. The fourth-order valence-electron chi connectivity index (χ4n) is 2.36. The molecule has 3 N–H and O–H groups in total. The van der Waals surface area contributed by atoms with E-state index in [4.69, 9.17) is 21.5 Å². The molecule has 0 aliphatic rings. The summed E-state index contributed by atoms with van der Waals surface area (Å²) in [5.74, 6) is -1.20. The maximum absolute atomic E-state index is 13.9. The first-order valence-corrected chi connectivity index (χ1v) is 9.82. The van der Waals surface area contributed by atoms with Crippen molar-refractivity contribution < 1.29 is 22.3 Å². The number of nitrogens with two attached hydrogens (primary N) is 1. The maximum Gasteiger partial charge on any atom is 0.259 e. The third-order valence-corrected chi connectivity index (χ3v) is 4.81. The van der Waals surface area contributed by atoms with Crippen LogP contribution < -0.4 is 15.2 Å². The molecule has 144 valence electrons. The van der Waals surface area contributed by atoms with Gasteiger partial charge in [-0.05, 0) is 48.5 Å². The van der Waals surface area contributed by atoms with Crippen molar-refractivity contribution >= 4 is 33.2 Å². The zero-order chi connectivity index (χ0) is 20.3. The molecular weight excluding hydrogens is 407 g/mol. The van der Waals surface area contributed by atoms with Crippen LogP contribution in [0.15, 0.2) is 71.6 Å². The third kappa shape index (κ3) is 4.66. The molecule has 0 bridgehead atoms. The Balaban J connectivity index is 1.92. The number of para-hydroxylation sites is 1. The number of halogens is 2. The van der Waals surface area contributed by atoms with Gasteiger partial charge in [-0.2, -0.15) is 0 Å². The number of ether oxygens (including phenoxy) is 1. The molecule has 0 atom stereocenters. The van der Waals surface area contributed by atoms with Crippen LogP contribution in [0.4, 0.5) is 10.1 Å². The average molecular weight is 421 g/mol. The molecule has 9 heteroatoms. The maximum atomic E-state index is 13.9. The van der Waals surface area contributed by atoms with Gasteiger partial charge in [-0.15, -0.1) is 0 Å². The predicted octanol–water partition coefficient (Wildman–Crippen LogP) is 4.17. The second kappa shape index (κ2) is 7.97. The zero-order valence-electron chi connectivity index (χ0n) is 14.2. The van der Waals surface area contributed by atoms with E-state index in [0.717, 1.165) is 0 Å². The molecule has 3 aromatic carbocycles. The second-order valence-electron chi connectivity index (χ2n) is 5.70. The van der Waals surface area contributed by atoms with E-state index in [2.05, 4.69) is 5.32 Å². The topological polar surface area (TPSA) is 98.5 Å². The molecular formula is C19H14ClFN2O4S. The van der Waals surface area contributed by atoms with Crippen molar-refractivity contribution in [3.8, 4) is 11.5 Å². The number of rotatable bonds is 5. The van der Waals surface area contributed by atoms with Crippen molar-refractivity contribution in [3.05, 3.63) is 83.1 Å². The van der Waals surface area contributed by atoms with Gasteiger partial charge in [0.1, 0.15) is 5.75 Å². The lowest BCUT2D eigenvalue weighted by Crippen LogP contribution is -2.15. The number of hydrogen-bond donors (Lipinski definition) is 2. The summed E-state index contributed by atoms with van der Waals surface area (Å²) in [4.78, 5) is 12.5. The van der Waals surface area contributed by atoms with Crippen LogP contribution in [-0.2, 0) is 10.0 Å². The standard InChI is InChI=1S/C19H14ClFN2O4S/c20-12-8-9-17(27-18-7-2-1-6-16(18)21)15(10-12)19(24)23-13-4-3-5-14(11-13)28(22,25)26/h1-11H,(H,23,24)(H2,22,25,26). The fourth-order valence-corrected chi connectivity index (χ4v) is 3.10. The SMILES string of the molecule is NS(=O)(=O)c1cccc(NC(=O)c2cc(Cl)ccc2Oc2ccccc2F)c1. The van der Waals surface area contributed by atoms with Crippen molar-refractivity contribution in [2.24, 2.45) is 5.14 Å². The number of primary sulfonamides is 1. The van der Waals surface area contributed by atoms with Crippen LogP contribution in [0.2, 0.25) is 5.02 Å². The van der Waals surface area contributed by atoms with Gasteiger partial charge in [0, 0.05) is 10.7 Å². The van der Waals surface area contributed by atoms with Crippen LogP contribution in [-0.4, -0.2) is 14.3 Å². The number of anilines is 1. The number of hydrogen-bond acceptors (Lipinski definition) is 4. The van der Waals surface area contributed by atoms with Crippen molar-refractivity contribution in [2.45, 2.75) is 4.90 Å². The molecule has 0 saturated heterocycles. The molecule has 0 spiro atoms. The Bertz CT molecular complexity index is 1150. The summed E-state index contributed by atoms with van der Waals surface area (Å²) in [5, 5.41) is 7.91. The minimum Gasteiger partial charge on any atom is -0.453 e. The Morgan fingerprint density at radius 1 is 1.00 bits per heavy atom. The van der Waals surface area contributed by atoms with E-state index in [1.807, 2.05) is 0 Å². The summed E-state index contributed by atoms with van der Waals surface area (Å²) in [5.41, 5.74) is 0.241. The Kier molecular flexibility index (Phi) is 5.64. The molecule has 0 aliphatic heterocycles. The van der Waals surface area contributed by atoms with Crippen LogP contribution in [0.1, 0.15) is 10.4 Å². The van der Waals surface area contributed by atoms with Crippen molar-refractivity contribution in [2.75, 3.05) is 5.32 Å². The summed E-state index contributed by atoms with van der Waals surface area (Å²) in [6.45, 7) is 0. The molecule has 3 rings (SSSR count). The summed E-state index contributed by atoms with van der Waals surface area (Å²) in [7, 11) is -3.92. The van der Waals surface area contributed by atoms with E-state index in [-0.39, 0.29) is 32.7 Å². The monoisotopic (exact) mass is 420 g/mol. The molecule has 1 amide bonds. The molecule has 3 aromatic rings. The van der Waals surface area contributed by atoms with Crippen LogP contribution in [0, 0.1) is 5.82 Å². The highest BCUT2D eigenvalue weighted by Gasteiger charge is 2.17. The highest BCUT2D eigenvalue weighted by molar-refractivity contribution is 7.89. The van der Waals surface area contributed by atoms with Gasteiger partial charge in [0.05, 0.1) is 10.5 Å². The van der Waals surface area contributed by atoms with Crippen LogP contribution in [0.25, 0.3) is 0 Å². The minimum absolute atomic E-state index is 0.0387. The van der Waals surface area contributed by atoms with E-state index in [9.17, 15) is 17.6 Å². The third-order valence-electron chi connectivity index (χ3n) is 3.66. The lowest BCUT2D eigenvalue weighted by atomic mass is 10.1. The van der Waals surface area contributed by atoms with Crippen LogP contribution >= 0.6 is 11.6 Å². The van der Waals surface area contributed by atoms with Gasteiger partial charge in [-0.3, -0.25) is 4.79 Å². The largest absolute Gasteiger partial charge is 0.453 e. The Morgan fingerprint density at radius 2 is 1.75 bits per heavy atom. The summed E-state index contributed by atoms with van der Waals surface area (Å²) in [6, 6.07) is 15.5.